The summed E-state index contributed by atoms with van der Waals surface area (Å²) in [5.74, 6) is -0.334. The van der Waals surface area contributed by atoms with E-state index in [1.54, 1.807) is 0 Å². The van der Waals surface area contributed by atoms with E-state index in [0.29, 0.717) is 18.9 Å². The number of aliphatic hydroxyl groups is 1. The maximum Gasteiger partial charge on any atom is 0.311 e. The molecule has 5 atom stereocenters. The molecule has 6 nitrogen and oxygen atoms in total. The van der Waals surface area contributed by atoms with Gasteiger partial charge in [0.2, 0.25) is 0 Å². The number of hydrogen-bond acceptors (Lipinski definition) is 5. The van der Waals surface area contributed by atoms with Crippen molar-refractivity contribution in [2.45, 2.75) is 38.0 Å². The zero-order chi connectivity index (χ0) is 18.7. The van der Waals surface area contributed by atoms with Crippen molar-refractivity contribution >= 4 is 16.9 Å². The minimum Gasteiger partial charge on any atom is -0.469 e. The number of nitrogens with zero attached hydrogens (tertiary/aromatic N) is 1. The third-order valence-corrected chi connectivity index (χ3v) is 6.93. The van der Waals surface area contributed by atoms with Gasteiger partial charge in [-0.3, -0.25) is 14.5 Å². The van der Waals surface area contributed by atoms with E-state index in [1.165, 1.54) is 7.11 Å². The normalized spacial score (nSPS) is 32.6. The van der Waals surface area contributed by atoms with E-state index in [2.05, 4.69) is 9.88 Å². The lowest BCUT2D eigenvalue weighted by atomic mass is 9.66. The summed E-state index contributed by atoms with van der Waals surface area (Å²) in [7, 11) is 1.39. The zero-order valence-electron chi connectivity index (χ0n) is 15.4. The van der Waals surface area contributed by atoms with Crippen molar-refractivity contribution in [3.8, 4) is 0 Å². The maximum absolute atomic E-state index is 13.0. The van der Waals surface area contributed by atoms with Crippen LogP contribution in [0, 0.1) is 17.8 Å². The molecule has 0 spiro atoms. The molecule has 2 fully saturated rings. The quantitative estimate of drug-likeness (QED) is 0.752. The van der Waals surface area contributed by atoms with E-state index in [4.69, 9.17) is 4.74 Å². The number of para-hydroxylation sites is 1. The highest BCUT2D eigenvalue weighted by Gasteiger charge is 2.50. The molecule has 2 N–H and O–H groups in total. The Balaban J connectivity index is 1.55. The molecule has 1 saturated heterocycles. The Bertz CT molecular complexity index is 968. The van der Waals surface area contributed by atoms with Crippen molar-refractivity contribution < 1.29 is 14.6 Å². The van der Waals surface area contributed by atoms with Crippen LogP contribution in [0.3, 0.4) is 0 Å². The SMILES string of the molecule is COC(=O)[C@@H]1[C@H]2C[C@H]3c4[nH]c5ccccc5c(=O)c4CN3C[C@@H]2CC[C@@H]1O. The van der Waals surface area contributed by atoms with Gasteiger partial charge in [-0.1, -0.05) is 12.1 Å². The molecule has 1 aromatic heterocycles. The fraction of sp³-hybridized carbons (Fsp3) is 0.524. The van der Waals surface area contributed by atoms with E-state index in [0.717, 1.165) is 41.5 Å². The number of hydrogen-bond donors (Lipinski definition) is 2. The van der Waals surface area contributed by atoms with Crippen LogP contribution < -0.4 is 5.43 Å². The van der Waals surface area contributed by atoms with Crippen molar-refractivity contribution in [3.05, 3.63) is 45.7 Å². The molecule has 1 aliphatic carbocycles. The van der Waals surface area contributed by atoms with E-state index in [9.17, 15) is 14.7 Å². The smallest absolute Gasteiger partial charge is 0.311 e. The summed E-state index contributed by atoms with van der Waals surface area (Å²) in [4.78, 5) is 31.2. The van der Waals surface area contributed by atoms with E-state index in [-0.39, 0.29) is 23.4 Å². The van der Waals surface area contributed by atoms with Crippen LogP contribution in [0.1, 0.15) is 36.6 Å². The fourth-order valence-electron chi connectivity index (χ4n) is 5.64. The Morgan fingerprint density at radius 1 is 1.30 bits per heavy atom. The first-order valence-electron chi connectivity index (χ1n) is 9.72. The van der Waals surface area contributed by atoms with Crippen LogP contribution in [0.5, 0.6) is 0 Å². The Morgan fingerprint density at radius 3 is 2.93 bits per heavy atom. The highest BCUT2D eigenvalue weighted by atomic mass is 16.5. The molecular formula is C21H24N2O4. The lowest BCUT2D eigenvalue weighted by Crippen LogP contribution is -2.50. The number of piperidine rings is 1. The number of aliphatic hydroxyl groups excluding tert-OH is 1. The molecule has 142 valence electrons. The van der Waals surface area contributed by atoms with Crippen LogP contribution in [-0.4, -0.2) is 40.7 Å². The van der Waals surface area contributed by atoms with Gasteiger partial charge in [0, 0.05) is 35.2 Å². The summed E-state index contributed by atoms with van der Waals surface area (Å²) in [6.07, 6.45) is 1.68. The molecule has 0 amide bonds. The molecule has 6 heteroatoms. The second kappa shape index (κ2) is 6.17. The van der Waals surface area contributed by atoms with Crippen LogP contribution >= 0.6 is 0 Å². The number of carbonyl (C=O) groups is 1. The number of aromatic amines is 1. The minimum absolute atomic E-state index is 0.0865. The molecule has 5 rings (SSSR count). The number of fused-ring (bicyclic) bond motifs is 5. The fourth-order valence-corrected chi connectivity index (χ4v) is 5.64. The number of benzene rings is 1. The summed E-state index contributed by atoms with van der Waals surface area (Å²) in [6.45, 7) is 1.52. The third-order valence-electron chi connectivity index (χ3n) is 6.93. The van der Waals surface area contributed by atoms with Gasteiger partial charge in [-0.2, -0.15) is 0 Å². The summed E-state index contributed by atoms with van der Waals surface area (Å²) >= 11 is 0. The van der Waals surface area contributed by atoms with Gasteiger partial charge in [-0.15, -0.1) is 0 Å². The van der Waals surface area contributed by atoms with Crippen molar-refractivity contribution in [2.24, 2.45) is 17.8 Å². The second-order valence-electron chi connectivity index (χ2n) is 8.19. The van der Waals surface area contributed by atoms with Gasteiger partial charge in [-0.25, -0.2) is 0 Å². The molecule has 1 saturated carbocycles. The summed E-state index contributed by atoms with van der Waals surface area (Å²) in [5.41, 5.74) is 2.81. The summed E-state index contributed by atoms with van der Waals surface area (Å²) in [5, 5.41) is 11.2. The van der Waals surface area contributed by atoms with Crippen molar-refractivity contribution in [3.63, 3.8) is 0 Å². The first-order chi connectivity index (χ1) is 13.1. The Labute approximate surface area is 157 Å². The Morgan fingerprint density at radius 2 is 2.11 bits per heavy atom. The molecule has 0 radical (unpaired) electrons. The molecule has 27 heavy (non-hydrogen) atoms. The van der Waals surface area contributed by atoms with Gasteiger partial charge in [0.15, 0.2) is 5.43 Å². The number of aromatic nitrogens is 1. The number of esters is 1. The molecule has 2 aromatic rings. The average Bonchev–Trinajstić information content (AvgIpc) is 3.04. The number of nitrogens with one attached hydrogen (secondary N) is 1. The van der Waals surface area contributed by atoms with Gasteiger partial charge in [0.05, 0.1) is 25.2 Å². The van der Waals surface area contributed by atoms with Gasteiger partial charge in [0.25, 0.3) is 0 Å². The molecule has 3 heterocycles. The van der Waals surface area contributed by atoms with Crippen LogP contribution in [0.4, 0.5) is 0 Å². The van der Waals surface area contributed by atoms with E-state index in [1.807, 2.05) is 24.3 Å². The number of ether oxygens (including phenoxy) is 1. The van der Waals surface area contributed by atoms with Crippen LogP contribution in [0.25, 0.3) is 10.9 Å². The second-order valence-corrected chi connectivity index (χ2v) is 8.19. The molecular weight excluding hydrogens is 344 g/mol. The van der Waals surface area contributed by atoms with E-state index < -0.39 is 12.0 Å². The predicted molar refractivity (Wildman–Crippen MR) is 100 cm³/mol. The van der Waals surface area contributed by atoms with Crippen molar-refractivity contribution in [1.29, 1.82) is 0 Å². The number of carbonyl (C=O) groups excluding carboxylic acids is 1. The van der Waals surface area contributed by atoms with Crippen molar-refractivity contribution in [2.75, 3.05) is 13.7 Å². The average molecular weight is 368 g/mol. The largest absolute Gasteiger partial charge is 0.469 e. The molecule has 0 unspecified atom stereocenters. The maximum atomic E-state index is 13.0. The van der Waals surface area contributed by atoms with Crippen LogP contribution in [0.15, 0.2) is 29.1 Å². The lowest BCUT2D eigenvalue weighted by Gasteiger charge is -2.47. The predicted octanol–water partition coefficient (Wildman–Crippen LogP) is 1.96. The summed E-state index contributed by atoms with van der Waals surface area (Å²) in [6, 6.07) is 7.72. The van der Waals surface area contributed by atoms with Crippen LogP contribution in [0.2, 0.25) is 0 Å². The number of methoxy groups -OCH3 is 1. The lowest BCUT2D eigenvalue weighted by molar-refractivity contribution is -0.159. The van der Waals surface area contributed by atoms with E-state index >= 15 is 0 Å². The highest BCUT2D eigenvalue weighted by Crippen LogP contribution is 2.49. The monoisotopic (exact) mass is 368 g/mol. The number of rotatable bonds is 1. The first kappa shape index (κ1) is 17.0. The summed E-state index contributed by atoms with van der Waals surface area (Å²) < 4.78 is 5.00. The van der Waals surface area contributed by atoms with Gasteiger partial charge >= 0.3 is 5.97 Å². The molecule has 1 aromatic carbocycles. The molecule has 2 aliphatic heterocycles. The molecule has 0 bridgehead atoms. The van der Waals surface area contributed by atoms with Gasteiger partial charge in [-0.05, 0) is 43.2 Å². The number of pyridine rings is 1. The third kappa shape index (κ3) is 2.47. The molecule has 3 aliphatic rings. The minimum atomic E-state index is -0.637. The Hall–Kier alpha value is -2.18. The first-order valence-corrected chi connectivity index (χ1v) is 9.72. The van der Waals surface area contributed by atoms with Crippen molar-refractivity contribution in [1.82, 2.24) is 9.88 Å². The standard InChI is InChI=1S/C21H24N2O4/c1-27-21(26)18-13-8-16-19-14(10-23(16)9-11(13)6-7-17(18)24)20(25)12-4-2-3-5-15(12)22-19/h2-5,11,13,16-18,24H,6-10H2,1H3,(H,22,25)/t11-,13-,16-,17-,18+/m0/s1. The highest BCUT2D eigenvalue weighted by molar-refractivity contribution is 5.79. The number of H-pyrrole nitrogens is 1. The van der Waals surface area contributed by atoms with Gasteiger partial charge < -0.3 is 14.8 Å². The zero-order valence-corrected chi connectivity index (χ0v) is 15.4. The van der Waals surface area contributed by atoms with Crippen LogP contribution in [-0.2, 0) is 16.1 Å². The topological polar surface area (TPSA) is 82.6 Å². The van der Waals surface area contributed by atoms with Gasteiger partial charge in [0.1, 0.15) is 0 Å². The Kier molecular flexibility index (Phi) is 3.88.